The molecular weight excluding hydrogens is 252 g/mol. The molecule has 1 unspecified atom stereocenters. The summed E-state index contributed by atoms with van der Waals surface area (Å²) in [5.41, 5.74) is 7.16. The van der Waals surface area contributed by atoms with Crippen LogP contribution in [0, 0.1) is 0 Å². The summed E-state index contributed by atoms with van der Waals surface area (Å²) in [6, 6.07) is 2.78. The first-order chi connectivity index (χ1) is 9.52. The summed E-state index contributed by atoms with van der Waals surface area (Å²) in [6.45, 7) is 5.89. The highest BCUT2D eigenvalue weighted by Crippen LogP contribution is 2.37. The minimum Gasteiger partial charge on any atom is -0.397 e. The molecular formula is C15H26N4O. The molecule has 2 rings (SSSR count). The summed E-state index contributed by atoms with van der Waals surface area (Å²) in [6.07, 6.45) is 5.28. The summed E-state index contributed by atoms with van der Waals surface area (Å²) >= 11 is 0. The van der Waals surface area contributed by atoms with Gasteiger partial charge in [-0.2, -0.15) is 0 Å². The van der Waals surface area contributed by atoms with Crippen LogP contribution in [-0.2, 0) is 0 Å². The van der Waals surface area contributed by atoms with Gasteiger partial charge in [-0.15, -0.1) is 0 Å². The fourth-order valence-electron chi connectivity index (χ4n) is 2.31. The molecule has 1 saturated carbocycles. The third-order valence-corrected chi connectivity index (χ3v) is 4.14. The highest BCUT2D eigenvalue weighted by Gasteiger charge is 2.27. The van der Waals surface area contributed by atoms with Crippen LogP contribution < -0.4 is 11.1 Å². The van der Waals surface area contributed by atoms with E-state index in [-0.39, 0.29) is 5.91 Å². The lowest BCUT2D eigenvalue weighted by molar-refractivity contribution is 0.0938. The number of hydrogen-bond acceptors (Lipinski definition) is 3. The van der Waals surface area contributed by atoms with Crippen LogP contribution in [0.1, 0.15) is 49.6 Å². The molecule has 0 radical (unpaired) electrons. The lowest BCUT2D eigenvalue weighted by Gasteiger charge is -2.23. The van der Waals surface area contributed by atoms with Gasteiger partial charge < -0.3 is 20.5 Å². The van der Waals surface area contributed by atoms with Crippen LogP contribution in [0.2, 0.25) is 0 Å². The predicted molar refractivity (Wildman–Crippen MR) is 81.8 cm³/mol. The first-order valence-corrected chi connectivity index (χ1v) is 7.48. The third-order valence-electron chi connectivity index (χ3n) is 4.14. The zero-order chi connectivity index (χ0) is 14.7. The minimum atomic E-state index is -0.0221. The van der Waals surface area contributed by atoms with Crippen LogP contribution >= 0.6 is 0 Å². The molecule has 1 amide bonds. The number of likely N-dealkylation sites (N-methyl/N-ethyl adjacent to an activating group) is 1. The fourth-order valence-corrected chi connectivity index (χ4v) is 2.31. The normalized spacial score (nSPS) is 16.4. The molecule has 5 nitrogen and oxygen atoms in total. The molecule has 1 heterocycles. The molecule has 112 valence electrons. The summed E-state index contributed by atoms with van der Waals surface area (Å²) in [5.74, 6) is -0.0221. The standard InChI is InChI=1S/C15H26N4O/c1-4-11(2)18(3)8-7-17-15(20)14-9-12(16)10-19(14)13-5-6-13/h9-11,13H,4-8,16H2,1-3H3,(H,17,20). The number of carbonyl (C=O) groups excluding carboxylic acids is 1. The highest BCUT2D eigenvalue weighted by molar-refractivity contribution is 5.93. The first kappa shape index (κ1) is 14.9. The number of carbonyl (C=O) groups is 1. The number of anilines is 1. The minimum absolute atomic E-state index is 0.0221. The van der Waals surface area contributed by atoms with Crippen molar-refractivity contribution in [2.45, 2.75) is 45.2 Å². The average molecular weight is 278 g/mol. The van der Waals surface area contributed by atoms with Crippen LogP contribution in [-0.4, -0.2) is 41.6 Å². The zero-order valence-electron chi connectivity index (χ0n) is 12.7. The number of nitrogens with zero attached hydrogens (tertiary/aromatic N) is 2. The topological polar surface area (TPSA) is 63.3 Å². The van der Waals surface area contributed by atoms with E-state index in [1.165, 1.54) is 0 Å². The second-order valence-corrected chi connectivity index (χ2v) is 5.79. The fraction of sp³-hybridized carbons (Fsp3) is 0.667. The second kappa shape index (κ2) is 6.31. The van der Waals surface area contributed by atoms with Crippen molar-refractivity contribution in [1.82, 2.24) is 14.8 Å². The number of nitrogens with one attached hydrogen (secondary N) is 1. The molecule has 1 aromatic heterocycles. The molecule has 1 aliphatic carbocycles. The Labute approximate surface area is 121 Å². The zero-order valence-corrected chi connectivity index (χ0v) is 12.7. The van der Waals surface area contributed by atoms with Gasteiger partial charge in [0.15, 0.2) is 0 Å². The lowest BCUT2D eigenvalue weighted by Crippen LogP contribution is -2.37. The molecule has 0 bridgehead atoms. The maximum Gasteiger partial charge on any atom is 0.268 e. The van der Waals surface area contributed by atoms with Crippen molar-refractivity contribution in [1.29, 1.82) is 0 Å². The molecule has 0 saturated heterocycles. The Kier molecular flexibility index (Phi) is 4.70. The Morgan fingerprint density at radius 1 is 1.60 bits per heavy atom. The Bertz CT molecular complexity index is 464. The first-order valence-electron chi connectivity index (χ1n) is 7.48. The van der Waals surface area contributed by atoms with E-state index >= 15 is 0 Å². The Balaban J connectivity index is 1.86. The van der Waals surface area contributed by atoms with Gasteiger partial charge >= 0.3 is 0 Å². The molecule has 1 fully saturated rings. The Morgan fingerprint density at radius 3 is 2.90 bits per heavy atom. The summed E-state index contributed by atoms with van der Waals surface area (Å²) in [4.78, 5) is 14.5. The van der Waals surface area contributed by atoms with Crippen molar-refractivity contribution in [3.63, 3.8) is 0 Å². The number of nitrogens with two attached hydrogens (primary N) is 1. The molecule has 0 aliphatic heterocycles. The van der Waals surface area contributed by atoms with Gasteiger partial charge in [-0.25, -0.2) is 0 Å². The molecule has 5 heteroatoms. The van der Waals surface area contributed by atoms with Crippen LogP contribution in [0.25, 0.3) is 0 Å². The number of aromatic nitrogens is 1. The Morgan fingerprint density at radius 2 is 2.30 bits per heavy atom. The molecule has 20 heavy (non-hydrogen) atoms. The summed E-state index contributed by atoms with van der Waals surface area (Å²) < 4.78 is 2.02. The van der Waals surface area contributed by atoms with Gasteiger partial charge in [-0.1, -0.05) is 6.92 Å². The van der Waals surface area contributed by atoms with Crippen LogP contribution in [0.15, 0.2) is 12.3 Å². The highest BCUT2D eigenvalue weighted by atomic mass is 16.1. The van der Waals surface area contributed by atoms with E-state index < -0.39 is 0 Å². The molecule has 0 aromatic carbocycles. The third kappa shape index (κ3) is 3.54. The Hall–Kier alpha value is -1.49. The molecule has 1 atom stereocenters. The van der Waals surface area contributed by atoms with E-state index in [1.807, 2.05) is 10.8 Å². The van der Waals surface area contributed by atoms with Crippen LogP contribution in [0.4, 0.5) is 5.69 Å². The SMILES string of the molecule is CCC(C)N(C)CCNC(=O)c1cc(N)cn1C1CC1. The van der Waals surface area contributed by atoms with Crippen molar-refractivity contribution in [3.8, 4) is 0 Å². The monoisotopic (exact) mass is 278 g/mol. The van der Waals surface area contributed by atoms with E-state index in [2.05, 4.69) is 31.1 Å². The molecule has 1 aromatic rings. The summed E-state index contributed by atoms with van der Waals surface area (Å²) in [5, 5.41) is 2.99. The van der Waals surface area contributed by atoms with Crippen molar-refractivity contribution >= 4 is 11.6 Å². The van der Waals surface area contributed by atoms with Crippen LogP contribution in [0.3, 0.4) is 0 Å². The molecule has 0 spiro atoms. The van der Waals surface area contributed by atoms with Gasteiger partial charge in [0.05, 0.1) is 5.69 Å². The van der Waals surface area contributed by atoms with Gasteiger partial charge in [0.25, 0.3) is 5.91 Å². The van der Waals surface area contributed by atoms with Crippen molar-refractivity contribution in [3.05, 3.63) is 18.0 Å². The molecule has 1 aliphatic rings. The summed E-state index contributed by atoms with van der Waals surface area (Å²) in [7, 11) is 2.09. The van der Waals surface area contributed by atoms with Gasteiger partial charge in [0.2, 0.25) is 0 Å². The second-order valence-electron chi connectivity index (χ2n) is 5.79. The van der Waals surface area contributed by atoms with Gasteiger partial charge in [0, 0.05) is 31.4 Å². The smallest absolute Gasteiger partial charge is 0.268 e. The van der Waals surface area contributed by atoms with Crippen molar-refractivity contribution in [2.75, 3.05) is 25.9 Å². The van der Waals surface area contributed by atoms with Gasteiger partial charge in [0.1, 0.15) is 5.69 Å². The molecule has 3 N–H and O–H groups in total. The largest absolute Gasteiger partial charge is 0.397 e. The van der Waals surface area contributed by atoms with E-state index in [0.717, 1.165) is 25.8 Å². The van der Waals surface area contributed by atoms with Crippen molar-refractivity contribution < 1.29 is 4.79 Å². The van der Waals surface area contributed by atoms with E-state index in [1.54, 1.807) is 6.07 Å². The number of rotatable bonds is 7. The quantitative estimate of drug-likeness (QED) is 0.800. The van der Waals surface area contributed by atoms with Crippen molar-refractivity contribution in [2.24, 2.45) is 0 Å². The number of hydrogen-bond donors (Lipinski definition) is 2. The number of nitrogen functional groups attached to an aromatic ring is 1. The maximum absolute atomic E-state index is 12.2. The predicted octanol–water partition coefficient (Wildman–Crippen LogP) is 1.87. The van der Waals surface area contributed by atoms with Gasteiger partial charge in [-0.3, -0.25) is 4.79 Å². The number of amides is 1. The average Bonchev–Trinajstić information content (AvgIpc) is 3.20. The lowest BCUT2D eigenvalue weighted by atomic mass is 10.2. The van der Waals surface area contributed by atoms with E-state index in [0.29, 0.717) is 30.0 Å². The van der Waals surface area contributed by atoms with E-state index in [4.69, 9.17) is 5.73 Å². The van der Waals surface area contributed by atoms with Crippen LogP contribution in [0.5, 0.6) is 0 Å². The maximum atomic E-state index is 12.2. The van der Waals surface area contributed by atoms with Gasteiger partial charge in [-0.05, 0) is 39.3 Å². The van der Waals surface area contributed by atoms with E-state index in [9.17, 15) is 4.79 Å².